The van der Waals surface area contributed by atoms with Crippen molar-refractivity contribution in [3.8, 4) is 0 Å². The van der Waals surface area contributed by atoms with Crippen molar-refractivity contribution < 1.29 is 8.78 Å². The van der Waals surface area contributed by atoms with Gasteiger partial charge in [-0.2, -0.15) is 0 Å². The zero-order valence-corrected chi connectivity index (χ0v) is 12.6. The zero-order valence-electron chi connectivity index (χ0n) is 11.8. The van der Waals surface area contributed by atoms with Gasteiger partial charge in [0, 0.05) is 16.7 Å². The van der Waals surface area contributed by atoms with Crippen molar-refractivity contribution in [2.75, 3.05) is 5.75 Å². The number of rotatable bonds is 6. The van der Waals surface area contributed by atoms with Crippen molar-refractivity contribution >= 4 is 11.8 Å². The number of thioether (sulfide) groups is 1. The molecule has 2 nitrogen and oxygen atoms in total. The zero-order chi connectivity index (χ0) is 15.2. The summed E-state index contributed by atoms with van der Waals surface area (Å²) in [4.78, 5) is 1.20. The predicted molar refractivity (Wildman–Crippen MR) is 83.1 cm³/mol. The summed E-state index contributed by atoms with van der Waals surface area (Å²) in [6.45, 7) is 2.06. The molecule has 2 rings (SSSR count). The van der Waals surface area contributed by atoms with Crippen LogP contribution in [-0.4, -0.2) is 11.8 Å². The molecule has 1 unspecified atom stereocenters. The highest BCUT2D eigenvalue weighted by Gasteiger charge is 2.11. The minimum absolute atomic E-state index is 0.0144. The SMILES string of the molecule is Cc1ccccc1SCC(Cc1ccc(F)c(F)c1)NN. The lowest BCUT2D eigenvalue weighted by Crippen LogP contribution is -2.38. The highest BCUT2D eigenvalue weighted by molar-refractivity contribution is 7.99. The van der Waals surface area contributed by atoms with Crippen LogP contribution < -0.4 is 11.3 Å². The van der Waals surface area contributed by atoms with E-state index in [9.17, 15) is 8.78 Å². The second-order valence-corrected chi connectivity index (χ2v) is 5.95. The fraction of sp³-hybridized carbons (Fsp3) is 0.250. The molecule has 0 radical (unpaired) electrons. The maximum atomic E-state index is 13.2. The van der Waals surface area contributed by atoms with Crippen molar-refractivity contribution in [3.63, 3.8) is 0 Å². The van der Waals surface area contributed by atoms with Crippen molar-refractivity contribution in [1.82, 2.24) is 5.43 Å². The van der Waals surface area contributed by atoms with Gasteiger partial charge in [-0.15, -0.1) is 11.8 Å². The van der Waals surface area contributed by atoms with Crippen LogP contribution in [0.15, 0.2) is 47.4 Å². The average Bonchev–Trinajstić information content (AvgIpc) is 2.48. The molecule has 0 fully saturated rings. The van der Waals surface area contributed by atoms with Crippen LogP contribution in [0.3, 0.4) is 0 Å². The standard InChI is InChI=1S/C16H18F2N2S/c1-11-4-2-3-5-16(11)21-10-13(20-19)8-12-6-7-14(17)15(18)9-12/h2-7,9,13,20H,8,10,19H2,1H3. The molecule has 2 aromatic carbocycles. The highest BCUT2D eigenvalue weighted by Crippen LogP contribution is 2.23. The van der Waals surface area contributed by atoms with Crippen LogP contribution in [0.2, 0.25) is 0 Å². The predicted octanol–water partition coefficient (Wildman–Crippen LogP) is 3.44. The lowest BCUT2D eigenvalue weighted by atomic mass is 10.1. The molecule has 5 heteroatoms. The Morgan fingerprint density at radius 1 is 1.14 bits per heavy atom. The Hall–Kier alpha value is -1.43. The molecule has 3 N–H and O–H groups in total. The number of nitrogens with two attached hydrogens (primary N) is 1. The van der Waals surface area contributed by atoms with Crippen molar-refractivity contribution in [2.45, 2.75) is 24.3 Å². The third-order valence-corrected chi connectivity index (χ3v) is 4.57. The van der Waals surface area contributed by atoms with Crippen LogP contribution in [0.5, 0.6) is 0 Å². The van der Waals surface area contributed by atoms with Gasteiger partial charge < -0.3 is 0 Å². The molecule has 21 heavy (non-hydrogen) atoms. The minimum Gasteiger partial charge on any atom is -0.271 e. The summed E-state index contributed by atoms with van der Waals surface area (Å²) < 4.78 is 26.1. The Labute approximate surface area is 127 Å². The molecule has 0 saturated carbocycles. The smallest absolute Gasteiger partial charge is 0.159 e. The first-order valence-corrected chi connectivity index (χ1v) is 7.67. The lowest BCUT2D eigenvalue weighted by Gasteiger charge is -2.16. The number of benzene rings is 2. The molecule has 0 spiro atoms. The van der Waals surface area contributed by atoms with Gasteiger partial charge in [0.15, 0.2) is 11.6 Å². The number of nitrogens with one attached hydrogen (secondary N) is 1. The van der Waals surface area contributed by atoms with E-state index in [0.717, 1.165) is 17.4 Å². The highest BCUT2D eigenvalue weighted by atomic mass is 32.2. The minimum atomic E-state index is -0.828. The molecule has 0 bridgehead atoms. The Morgan fingerprint density at radius 2 is 1.90 bits per heavy atom. The molecule has 0 heterocycles. The Balaban J connectivity index is 1.97. The first-order chi connectivity index (χ1) is 10.1. The molecule has 0 amide bonds. The number of hydrogen-bond donors (Lipinski definition) is 2. The van der Waals surface area contributed by atoms with Crippen molar-refractivity contribution in [1.29, 1.82) is 0 Å². The summed E-state index contributed by atoms with van der Waals surface area (Å²) in [5.41, 5.74) is 4.68. The van der Waals surface area contributed by atoms with Gasteiger partial charge in [-0.25, -0.2) is 8.78 Å². The quantitative estimate of drug-likeness (QED) is 0.488. The summed E-state index contributed by atoms with van der Waals surface area (Å²) in [5, 5.41) is 0. The molecule has 0 aromatic heterocycles. The number of hydrogen-bond acceptors (Lipinski definition) is 3. The van der Waals surface area contributed by atoms with Crippen LogP contribution in [0.25, 0.3) is 0 Å². The van der Waals surface area contributed by atoms with Crippen LogP contribution in [0.4, 0.5) is 8.78 Å². The second-order valence-electron chi connectivity index (χ2n) is 4.89. The van der Waals surface area contributed by atoms with E-state index in [2.05, 4.69) is 24.5 Å². The molecule has 112 valence electrons. The number of aryl methyl sites for hydroxylation is 1. The Kier molecular flexibility index (Phi) is 5.73. The third-order valence-electron chi connectivity index (χ3n) is 3.24. The van der Waals surface area contributed by atoms with E-state index in [1.807, 2.05) is 12.1 Å². The summed E-state index contributed by atoms with van der Waals surface area (Å²) in [6.07, 6.45) is 0.548. The van der Waals surface area contributed by atoms with E-state index in [4.69, 9.17) is 5.84 Å². The fourth-order valence-corrected chi connectivity index (χ4v) is 3.09. The third kappa shape index (κ3) is 4.52. The first kappa shape index (κ1) is 15.9. The van der Waals surface area contributed by atoms with E-state index in [1.165, 1.54) is 16.5 Å². The van der Waals surface area contributed by atoms with Gasteiger partial charge in [0.05, 0.1) is 0 Å². The van der Waals surface area contributed by atoms with E-state index in [-0.39, 0.29) is 6.04 Å². The molecule has 2 aromatic rings. The molecule has 0 saturated heterocycles. The molecule has 0 aliphatic heterocycles. The van der Waals surface area contributed by atoms with E-state index in [1.54, 1.807) is 17.8 Å². The van der Waals surface area contributed by atoms with Gasteiger partial charge in [-0.1, -0.05) is 24.3 Å². The van der Waals surface area contributed by atoms with Gasteiger partial charge in [0.1, 0.15) is 0 Å². The summed E-state index contributed by atoms with van der Waals surface area (Å²) in [6, 6.07) is 12.0. The fourth-order valence-electron chi connectivity index (χ4n) is 2.03. The first-order valence-electron chi connectivity index (χ1n) is 6.68. The summed E-state index contributed by atoms with van der Waals surface area (Å²) in [5.74, 6) is 4.66. The molecular weight excluding hydrogens is 290 g/mol. The molecule has 0 aliphatic rings. The van der Waals surface area contributed by atoms with Crippen LogP contribution in [0, 0.1) is 18.6 Å². The van der Waals surface area contributed by atoms with Gasteiger partial charge >= 0.3 is 0 Å². The van der Waals surface area contributed by atoms with Crippen LogP contribution in [0.1, 0.15) is 11.1 Å². The number of halogens is 2. The maximum Gasteiger partial charge on any atom is 0.159 e. The lowest BCUT2D eigenvalue weighted by molar-refractivity contribution is 0.504. The summed E-state index contributed by atoms with van der Waals surface area (Å²) in [7, 11) is 0. The van der Waals surface area contributed by atoms with E-state index >= 15 is 0 Å². The van der Waals surface area contributed by atoms with Crippen molar-refractivity contribution in [3.05, 3.63) is 65.2 Å². The van der Waals surface area contributed by atoms with Crippen LogP contribution in [-0.2, 0) is 6.42 Å². The molecular formula is C16H18F2N2S. The average molecular weight is 308 g/mol. The van der Waals surface area contributed by atoms with Gasteiger partial charge in [-0.05, 0) is 42.7 Å². The van der Waals surface area contributed by atoms with Crippen LogP contribution >= 0.6 is 11.8 Å². The Bertz CT molecular complexity index is 605. The topological polar surface area (TPSA) is 38.0 Å². The monoisotopic (exact) mass is 308 g/mol. The van der Waals surface area contributed by atoms with Gasteiger partial charge in [-0.3, -0.25) is 11.3 Å². The maximum absolute atomic E-state index is 13.2. The van der Waals surface area contributed by atoms with Gasteiger partial charge in [0.2, 0.25) is 0 Å². The summed E-state index contributed by atoms with van der Waals surface area (Å²) >= 11 is 1.70. The normalized spacial score (nSPS) is 12.4. The van der Waals surface area contributed by atoms with Crippen molar-refractivity contribution in [2.24, 2.45) is 5.84 Å². The number of hydrazine groups is 1. The molecule has 1 atom stereocenters. The largest absolute Gasteiger partial charge is 0.271 e. The van der Waals surface area contributed by atoms with Gasteiger partial charge in [0.25, 0.3) is 0 Å². The second kappa shape index (κ2) is 7.54. The molecule has 0 aliphatic carbocycles. The Morgan fingerprint density at radius 3 is 2.57 bits per heavy atom. The van der Waals surface area contributed by atoms with E-state index in [0.29, 0.717) is 6.42 Å². The van der Waals surface area contributed by atoms with E-state index < -0.39 is 11.6 Å².